The lowest BCUT2D eigenvalue weighted by Crippen LogP contribution is -2.46. The van der Waals surface area contributed by atoms with Gasteiger partial charge in [0.15, 0.2) is 5.69 Å². The monoisotopic (exact) mass is 443 g/mol. The topological polar surface area (TPSA) is 80.1 Å². The third-order valence-electron chi connectivity index (χ3n) is 5.02. The Morgan fingerprint density at radius 3 is 2.53 bits per heavy atom. The summed E-state index contributed by atoms with van der Waals surface area (Å²) < 4.78 is 1.52. The zero-order valence-corrected chi connectivity index (χ0v) is 17.5. The van der Waals surface area contributed by atoms with E-state index in [1.54, 1.807) is 47.5 Å². The standard InChI is InChI=1S/C21H19Cl2N5O2/c22-14-4-3-5-16(12-14)28-13-19(25-26-28)21(30)27-10-8-15(9-11-27)24-20(29)17-6-1-2-7-18(17)23/h1-7,12-13,15H,8-11H2,(H,24,29). The van der Waals surface area contributed by atoms with E-state index in [2.05, 4.69) is 15.6 Å². The molecule has 0 atom stereocenters. The lowest BCUT2D eigenvalue weighted by atomic mass is 10.0. The zero-order chi connectivity index (χ0) is 21.1. The van der Waals surface area contributed by atoms with Gasteiger partial charge in [0.25, 0.3) is 11.8 Å². The molecule has 2 heterocycles. The van der Waals surface area contributed by atoms with Crippen LogP contribution in [0, 0.1) is 0 Å². The second-order valence-corrected chi connectivity index (χ2v) is 7.89. The van der Waals surface area contributed by atoms with Crippen molar-refractivity contribution >= 4 is 35.0 Å². The number of halogens is 2. The van der Waals surface area contributed by atoms with E-state index in [4.69, 9.17) is 23.2 Å². The summed E-state index contributed by atoms with van der Waals surface area (Å²) in [6, 6.07) is 14.1. The van der Waals surface area contributed by atoms with Crippen LogP contribution in [0.2, 0.25) is 10.0 Å². The average molecular weight is 444 g/mol. The van der Waals surface area contributed by atoms with Crippen molar-refractivity contribution in [3.05, 3.63) is 76.0 Å². The maximum absolute atomic E-state index is 12.8. The smallest absolute Gasteiger partial charge is 0.276 e. The van der Waals surface area contributed by atoms with Crippen molar-refractivity contribution in [2.24, 2.45) is 0 Å². The predicted octanol–water partition coefficient (Wildman–Crippen LogP) is 3.61. The molecule has 2 amide bonds. The van der Waals surface area contributed by atoms with E-state index in [1.165, 1.54) is 4.68 Å². The lowest BCUT2D eigenvalue weighted by Gasteiger charge is -2.32. The second-order valence-electron chi connectivity index (χ2n) is 7.05. The van der Waals surface area contributed by atoms with Gasteiger partial charge in [-0.3, -0.25) is 9.59 Å². The maximum Gasteiger partial charge on any atom is 0.276 e. The molecular formula is C21H19Cl2N5O2. The highest BCUT2D eigenvalue weighted by Gasteiger charge is 2.26. The van der Waals surface area contributed by atoms with Crippen molar-refractivity contribution in [2.45, 2.75) is 18.9 Å². The molecule has 0 aliphatic carbocycles. The number of benzene rings is 2. The minimum Gasteiger partial charge on any atom is -0.349 e. The van der Waals surface area contributed by atoms with E-state index in [1.807, 2.05) is 12.1 Å². The van der Waals surface area contributed by atoms with Crippen LogP contribution < -0.4 is 5.32 Å². The Kier molecular flexibility index (Phi) is 6.01. The largest absolute Gasteiger partial charge is 0.349 e. The van der Waals surface area contributed by atoms with Crippen LogP contribution >= 0.6 is 23.2 Å². The number of hydrogen-bond donors (Lipinski definition) is 1. The molecule has 154 valence electrons. The molecule has 0 bridgehead atoms. The molecule has 7 nitrogen and oxygen atoms in total. The Bertz CT molecular complexity index is 1080. The first-order valence-corrected chi connectivity index (χ1v) is 10.3. The van der Waals surface area contributed by atoms with Gasteiger partial charge in [-0.25, -0.2) is 4.68 Å². The highest BCUT2D eigenvalue weighted by Crippen LogP contribution is 2.18. The molecule has 1 fully saturated rings. The molecule has 0 unspecified atom stereocenters. The molecule has 0 radical (unpaired) electrons. The number of likely N-dealkylation sites (tertiary alicyclic amines) is 1. The van der Waals surface area contributed by atoms with Gasteiger partial charge in [-0.05, 0) is 43.2 Å². The molecule has 1 aliphatic rings. The molecule has 3 aromatic rings. The minimum atomic E-state index is -0.199. The molecule has 1 aliphatic heterocycles. The van der Waals surface area contributed by atoms with Crippen molar-refractivity contribution in [2.75, 3.05) is 13.1 Å². The Hall–Kier alpha value is -2.90. The van der Waals surface area contributed by atoms with Crippen molar-refractivity contribution in [1.82, 2.24) is 25.2 Å². The SMILES string of the molecule is O=C(NC1CCN(C(=O)c2cn(-c3cccc(Cl)c3)nn2)CC1)c1ccccc1Cl. The molecule has 1 saturated heterocycles. The highest BCUT2D eigenvalue weighted by molar-refractivity contribution is 6.33. The van der Waals surface area contributed by atoms with E-state index in [0.717, 1.165) is 5.69 Å². The molecule has 9 heteroatoms. The van der Waals surface area contributed by atoms with Crippen molar-refractivity contribution in [3.8, 4) is 5.69 Å². The molecule has 30 heavy (non-hydrogen) atoms. The summed E-state index contributed by atoms with van der Waals surface area (Å²) in [7, 11) is 0. The molecular weight excluding hydrogens is 425 g/mol. The minimum absolute atomic E-state index is 0.0139. The van der Waals surface area contributed by atoms with Crippen LogP contribution in [0.25, 0.3) is 5.69 Å². The summed E-state index contributed by atoms with van der Waals surface area (Å²) in [6.07, 6.45) is 2.91. The quantitative estimate of drug-likeness (QED) is 0.667. The number of carbonyl (C=O) groups excluding carboxylic acids is 2. The number of carbonyl (C=O) groups is 2. The molecule has 2 aromatic carbocycles. The maximum atomic E-state index is 12.8. The Morgan fingerprint density at radius 1 is 1.03 bits per heavy atom. The van der Waals surface area contributed by atoms with Crippen LogP contribution in [-0.4, -0.2) is 50.8 Å². The molecule has 4 rings (SSSR count). The van der Waals surface area contributed by atoms with Gasteiger partial charge in [0.05, 0.1) is 22.5 Å². The first-order valence-electron chi connectivity index (χ1n) is 9.54. The zero-order valence-electron chi connectivity index (χ0n) is 16.0. The summed E-state index contributed by atoms with van der Waals surface area (Å²) in [5.74, 6) is -0.381. The fraction of sp³-hybridized carbons (Fsp3) is 0.238. The van der Waals surface area contributed by atoms with Crippen LogP contribution in [0.4, 0.5) is 0 Å². The van der Waals surface area contributed by atoms with Gasteiger partial charge in [0, 0.05) is 24.2 Å². The van der Waals surface area contributed by atoms with Crippen LogP contribution in [-0.2, 0) is 0 Å². The fourth-order valence-corrected chi connectivity index (χ4v) is 3.81. The number of aromatic nitrogens is 3. The first kappa shape index (κ1) is 20.4. The molecule has 0 spiro atoms. The summed E-state index contributed by atoms with van der Waals surface area (Å²) in [5, 5.41) is 12.0. The summed E-state index contributed by atoms with van der Waals surface area (Å²) in [5.41, 5.74) is 1.46. The fourth-order valence-electron chi connectivity index (χ4n) is 3.40. The molecule has 1 aromatic heterocycles. The molecule has 0 saturated carbocycles. The number of nitrogens with zero attached hydrogens (tertiary/aromatic N) is 4. The second kappa shape index (κ2) is 8.85. The van der Waals surface area contributed by atoms with Crippen molar-refractivity contribution in [1.29, 1.82) is 0 Å². The first-order chi connectivity index (χ1) is 14.5. The average Bonchev–Trinajstić information content (AvgIpc) is 3.24. The van der Waals surface area contributed by atoms with Gasteiger partial charge in [-0.1, -0.05) is 46.6 Å². The van der Waals surface area contributed by atoms with E-state index in [0.29, 0.717) is 41.5 Å². The normalized spacial score (nSPS) is 14.5. The van der Waals surface area contributed by atoms with Gasteiger partial charge in [0.1, 0.15) is 0 Å². The Labute approximate surface area is 183 Å². The van der Waals surface area contributed by atoms with Gasteiger partial charge >= 0.3 is 0 Å². The van der Waals surface area contributed by atoms with Crippen LogP contribution in [0.1, 0.15) is 33.7 Å². The van der Waals surface area contributed by atoms with Crippen molar-refractivity contribution in [3.63, 3.8) is 0 Å². The predicted molar refractivity (Wildman–Crippen MR) is 114 cm³/mol. The van der Waals surface area contributed by atoms with E-state index in [-0.39, 0.29) is 23.6 Å². The lowest BCUT2D eigenvalue weighted by molar-refractivity contribution is 0.0692. The van der Waals surface area contributed by atoms with E-state index < -0.39 is 0 Å². The number of piperidine rings is 1. The highest BCUT2D eigenvalue weighted by atomic mass is 35.5. The summed E-state index contributed by atoms with van der Waals surface area (Å²) in [4.78, 5) is 26.9. The van der Waals surface area contributed by atoms with E-state index in [9.17, 15) is 9.59 Å². The third kappa shape index (κ3) is 4.47. The Morgan fingerprint density at radius 2 is 1.80 bits per heavy atom. The van der Waals surface area contributed by atoms with E-state index >= 15 is 0 Å². The molecule has 1 N–H and O–H groups in total. The number of amides is 2. The number of hydrogen-bond acceptors (Lipinski definition) is 4. The van der Waals surface area contributed by atoms with Crippen LogP contribution in [0.5, 0.6) is 0 Å². The van der Waals surface area contributed by atoms with Gasteiger partial charge in [-0.2, -0.15) is 0 Å². The van der Waals surface area contributed by atoms with Crippen molar-refractivity contribution < 1.29 is 9.59 Å². The summed E-state index contributed by atoms with van der Waals surface area (Å²) in [6.45, 7) is 1.05. The van der Waals surface area contributed by atoms with Gasteiger partial charge in [-0.15, -0.1) is 5.10 Å². The van der Waals surface area contributed by atoms with Gasteiger partial charge in [0.2, 0.25) is 0 Å². The third-order valence-corrected chi connectivity index (χ3v) is 5.59. The Balaban J connectivity index is 1.35. The van der Waals surface area contributed by atoms with Gasteiger partial charge < -0.3 is 10.2 Å². The number of nitrogens with one attached hydrogen (secondary N) is 1. The number of rotatable bonds is 4. The summed E-state index contributed by atoms with van der Waals surface area (Å²) >= 11 is 12.1. The van der Waals surface area contributed by atoms with Crippen LogP contribution in [0.15, 0.2) is 54.7 Å². The van der Waals surface area contributed by atoms with Crippen LogP contribution in [0.3, 0.4) is 0 Å².